The molecule has 0 aliphatic heterocycles. The third-order valence-corrected chi connectivity index (χ3v) is 2.84. The van der Waals surface area contributed by atoms with E-state index in [9.17, 15) is 9.59 Å². The Morgan fingerprint density at radius 1 is 1.47 bits per heavy atom. The lowest BCUT2D eigenvalue weighted by Gasteiger charge is -2.01. The summed E-state index contributed by atoms with van der Waals surface area (Å²) < 4.78 is 4.68. The summed E-state index contributed by atoms with van der Waals surface area (Å²) in [6, 6.07) is 3.93. The average molecular weight is 253 g/mol. The molecule has 5 heteroatoms. The van der Waals surface area contributed by atoms with Crippen LogP contribution in [0.1, 0.15) is 16.7 Å². The van der Waals surface area contributed by atoms with Crippen molar-refractivity contribution in [1.29, 1.82) is 0 Å². The van der Waals surface area contributed by atoms with Crippen LogP contribution in [0.5, 0.6) is 0 Å². The van der Waals surface area contributed by atoms with E-state index in [1.165, 1.54) is 11.0 Å². The van der Waals surface area contributed by atoms with E-state index in [-0.39, 0.29) is 12.5 Å². The third kappa shape index (κ3) is 5.31. The highest BCUT2D eigenvalue weighted by Gasteiger charge is 2.02. The topological polar surface area (TPSA) is 55.4 Å². The first-order valence-electron chi connectivity index (χ1n) is 5.29. The Kier molecular flexibility index (Phi) is 5.42. The third-order valence-electron chi connectivity index (χ3n) is 1.87. The van der Waals surface area contributed by atoms with Gasteiger partial charge in [-0.15, -0.1) is 11.3 Å². The molecule has 1 N–H and O–H groups in total. The number of aryl methyl sites for hydroxylation is 1. The maximum atomic E-state index is 11.3. The minimum absolute atomic E-state index is 0.0967. The number of hydrogen-bond acceptors (Lipinski definition) is 4. The molecule has 1 aromatic heterocycles. The summed E-state index contributed by atoms with van der Waals surface area (Å²) >= 11 is 1.60. The van der Waals surface area contributed by atoms with Crippen LogP contribution >= 0.6 is 11.3 Å². The summed E-state index contributed by atoms with van der Waals surface area (Å²) in [6.07, 6.45) is 3.13. The number of ether oxygens (including phenoxy) is 1. The van der Waals surface area contributed by atoms with Crippen LogP contribution < -0.4 is 5.32 Å². The van der Waals surface area contributed by atoms with Crippen molar-refractivity contribution in [2.45, 2.75) is 13.8 Å². The molecule has 0 radical (unpaired) electrons. The first-order valence-corrected chi connectivity index (χ1v) is 6.11. The standard InChI is InChI=1S/C12H15NO3S/c1-3-16-12(15)8-13-11(14)7-6-10-5-4-9(2)17-10/h4-7H,3,8H2,1-2H3,(H,13,14)/b7-6+. The second kappa shape index (κ2) is 6.85. The molecule has 0 aliphatic carbocycles. The van der Waals surface area contributed by atoms with Crippen molar-refractivity contribution in [3.63, 3.8) is 0 Å². The first-order chi connectivity index (χ1) is 8.11. The number of esters is 1. The molecule has 17 heavy (non-hydrogen) atoms. The van der Waals surface area contributed by atoms with Crippen molar-refractivity contribution >= 4 is 29.3 Å². The molecular weight excluding hydrogens is 238 g/mol. The molecule has 92 valence electrons. The number of carbonyl (C=O) groups excluding carboxylic acids is 2. The van der Waals surface area contributed by atoms with Crippen LogP contribution in [0.2, 0.25) is 0 Å². The Morgan fingerprint density at radius 3 is 2.82 bits per heavy atom. The van der Waals surface area contributed by atoms with E-state index in [0.717, 1.165) is 4.88 Å². The molecule has 0 aliphatic rings. The highest BCUT2D eigenvalue weighted by atomic mass is 32.1. The molecule has 0 fully saturated rings. The van der Waals surface area contributed by atoms with Gasteiger partial charge in [-0.1, -0.05) is 0 Å². The molecule has 0 unspecified atom stereocenters. The molecule has 1 amide bonds. The summed E-state index contributed by atoms with van der Waals surface area (Å²) in [4.78, 5) is 24.5. The Balaban J connectivity index is 2.34. The molecule has 0 bridgehead atoms. The van der Waals surface area contributed by atoms with E-state index in [0.29, 0.717) is 6.61 Å². The van der Waals surface area contributed by atoms with E-state index < -0.39 is 5.97 Å². The van der Waals surface area contributed by atoms with Crippen molar-refractivity contribution in [3.8, 4) is 0 Å². The molecule has 0 saturated heterocycles. The van der Waals surface area contributed by atoms with Crippen molar-refractivity contribution in [3.05, 3.63) is 28.0 Å². The van der Waals surface area contributed by atoms with Crippen LogP contribution in [0.3, 0.4) is 0 Å². The van der Waals surface area contributed by atoms with Gasteiger partial charge in [-0.2, -0.15) is 0 Å². The summed E-state index contributed by atoms with van der Waals surface area (Å²) in [5, 5.41) is 2.45. The Bertz CT molecular complexity index is 423. The van der Waals surface area contributed by atoms with Gasteiger partial charge >= 0.3 is 5.97 Å². The molecule has 0 atom stereocenters. The lowest BCUT2D eigenvalue weighted by atomic mass is 10.4. The molecular formula is C12H15NO3S. The van der Waals surface area contributed by atoms with Crippen LogP contribution in [-0.2, 0) is 14.3 Å². The molecule has 0 aromatic carbocycles. The van der Waals surface area contributed by atoms with Gasteiger partial charge in [-0.3, -0.25) is 9.59 Å². The molecule has 1 heterocycles. The van der Waals surface area contributed by atoms with E-state index in [2.05, 4.69) is 10.1 Å². The van der Waals surface area contributed by atoms with Gasteiger partial charge < -0.3 is 10.1 Å². The van der Waals surface area contributed by atoms with E-state index in [1.807, 2.05) is 19.1 Å². The Labute approximate surface area is 104 Å². The maximum absolute atomic E-state index is 11.3. The van der Waals surface area contributed by atoms with E-state index >= 15 is 0 Å². The highest BCUT2D eigenvalue weighted by molar-refractivity contribution is 7.12. The van der Waals surface area contributed by atoms with Crippen LogP contribution in [0, 0.1) is 6.92 Å². The monoisotopic (exact) mass is 253 g/mol. The van der Waals surface area contributed by atoms with Crippen LogP contribution in [-0.4, -0.2) is 25.0 Å². The molecule has 0 saturated carbocycles. The van der Waals surface area contributed by atoms with Gasteiger partial charge in [0, 0.05) is 15.8 Å². The molecule has 1 aromatic rings. The van der Waals surface area contributed by atoms with Crippen LogP contribution in [0.15, 0.2) is 18.2 Å². The number of nitrogens with one attached hydrogen (secondary N) is 1. The predicted molar refractivity (Wildman–Crippen MR) is 67.7 cm³/mol. The summed E-state index contributed by atoms with van der Waals surface area (Å²) in [6.45, 7) is 3.95. The van der Waals surface area contributed by atoms with Gasteiger partial charge in [0.25, 0.3) is 0 Å². The van der Waals surface area contributed by atoms with Crippen LogP contribution in [0.4, 0.5) is 0 Å². The van der Waals surface area contributed by atoms with Gasteiger partial charge in [0.05, 0.1) is 6.61 Å². The zero-order valence-electron chi connectivity index (χ0n) is 9.86. The Morgan fingerprint density at radius 2 is 2.24 bits per heavy atom. The first kappa shape index (κ1) is 13.4. The lowest BCUT2D eigenvalue weighted by Crippen LogP contribution is -2.29. The van der Waals surface area contributed by atoms with Gasteiger partial charge in [-0.05, 0) is 32.1 Å². The van der Waals surface area contributed by atoms with Crippen molar-refractivity contribution < 1.29 is 14.3 Å². The van der Waals surface area contributed by atoms with Gasteiger partial charge in [-0.25, -0.2) is 0 Å². The number of hydrogen-bond donors (Lipinski definition) is 1. The quantitative estimate of drug-likeness (QED) is 0.642. The van der Waals surface area contributed by atoms with Crippen LogP contribution in [0.25, 0.3) is 6.08 Å². The highest BCUT2D eigenvalue weighted by Crippen LogP contribution is 2.16. The largest absolute Gasteiger partial charge is 0.465 e. The molecule has 1 rings (SSSR count). The predicted octanol–water partition coefficient (Wildman–Crippen LogP) is 1.75. The summed E-state index contributed by atoms with van der Waals surface area (Å²) in [5.74, 6) is -0.731. The van der Waals surface area contributed by atoms with E-state index in [1.54, 1.807) is 24.3 Å². The fourth-order valence-corrected chi connectivity index (χ4v) is 1.91. The smallest absolute Gasteiger partial charge is 0.325 e. The molecule has 0 spiro atoms. The zero-order valence-corrected chi connectivity index (χ0v) is 10.7. The SMILES string of the molecule is CCOC(=O)CNC(=O)/C=C/c1ccc(C)s1. The van der Waals surface area contributed by atoms with Gasteiger partial charge in [0.15, 0.2) is 0 Å². The number of carbonyl (C=O) groups is 2. The summed E-state index contributed by atoms with van der Waals surface area (Å²) in [5.41, 5.74) is 0. The second-order valence-corrected chi connectivity index (χ2v) is 4.62. The Hall–Kier alpha value is -1.62. The zero-order chi connectivity index (χ0) is 12.7. The van der Waals surface area contributed by atoms with Gasteiger partial charge in [0.2, 0.25) is 5.91 Å². The number of thiophene rings is 1. The van der Waals surface area contributed by atoms with Crippen molar-refractivity contribution in [1.82, 2.24) is 5.32 Å². The second-order valence-electron chi connectivity index (χ2n) is 3.30. The number of rotatable bonds is 5. The minimum Gasteiger partial charge on any atom is -0.465 e. The minimum atomic E-state index is -0.429. The lowest BCUT2D eigenvalue weighted by molar-refractivity contribution is -0.143. The maximum Gasteiger partial charge on any atom is 0.325 e. The fraction of sp³-hybridized carbons (Fsp3) is 0.333. The molecule has 4 nitrogen and oxygen atoms in total. The summed E-state index contributed by atoms with van der Waals surface area (Å²) in [7, 11) is 0. The van der Waals surface area contributed by atoms with Gasteiger partial charge in [0.1, 0.15) is 6.54 Å². The fourth-order valence-electron chi connectivity index (χ4n) is 1.13. The van der Waals surface area contributed by atoms with Crippen molar-refractivity contribution in [2.75, 3.05) is 13.2 Å². The van der Waals surface area contributed by atoms with E-state index in [4.69, 9.17) is 0 Å². The normalized spacial score (nSPS) is 10.5. The van der Waals surface area contributed by atoms with Crippen molar-refractivity contribution in [2.24, 2.45) is 0 Å². The average Bonchev–Trinajstić information content (AvgIpc) is 2.70. The number of amides is 1.